The molecule has 1 N–H and O–H groups in total. The van der Waals surface area contributed by atoms with Crippen LogP contribution < -0.4 is 14.4 Å². The van der Waals surface area contributed by atoms with Gasteiger partial charge in [-0.3, -0.25) is 13.9 Å². The number of amides is 2. The monoisotopic (exact) mass is 543 g/mol. The van der Waals surface area contributed by atoms with Gasteiger partial charge in [0.15, 0.2) is 0 Å². The van der Waals surface area contributed by atoms with Crippen LogP contribution in [0.5, 0.6) is 5.75 Å². The van der Waals surface area contributed by atoms with Gasteiger partial charge >= 0.3 is 0 Å². The second-order valence-electron chi connectivity index (χ2n) is 9.97. The number of hydrogen-bond donors (Lipinski definition) is 1. The molecule has 2 aromatic carbocycles. The number of benzene rings is 2. The van der Waals surface area contributed by atoms with E-state index in [4.69, 9.17) is 4.74 Å². The minimum atomic E-state index is -3.78. The molecule has 2 amide bonds. The Balaban J connectivity index is 1.89. The molecule has 1 saturated carbocycles. The van der Waals surface area contributed by atoms with Gasteiger partial charge in [-0.25, -0.2) is 8.42 Å². The van der Waals surface area contributed by atoms with Crippen molar-refractivity contribution in [3.05, 3.63) is 59.7 Å². The van der Waals surface area contributed by atoms with Crippen molar-refractivity contribution in [2.75, 3.05) is 23.7 Å². The molecule has 0 unspecified atom stereocenters. The Kier molecular flexibility index (Phi) is 10.6. The first-order valence-corrected chi connectivity index (χ1v) is 15.3. The van der Waals surface area contributed by atoms with E-state index in [-0.39, 0.29) is 18.5 Å². The van der Waals surface area contributed by atoms with Crippen molar-refractivity contribution in [1.29, 1.82) is 0 Å². The van der Waals surface area contributed by atoms with Crippen molar-refractivity contribution in [3.8, 4) is 5.75 Å². The van der Waals surface area contributed by atoms with E-state index in [0.717, 1.165) is 47.4 Å². The molecule has 1 fully saturated rings. The van der Waals surface area contributed by atoms with Gasteiger partial charge in [-0.05, 0) is 62.9 Å². The Morgan fingerprint density at radius 1 is 1.00 bits per heavy atom. The third-order valence-electron chi connectivity index (χ3n) is 6.93. The Morgan fingerprint density at radius 3 is 2.18 bits per heavy atom. The number of carbonyl (C=O) groups excluding carboxylic acids is 2. The number of ether oxygens (including phenoxy) is 1. The molecule has 0 radical (unpaired) electrons. The summed E-state index contributed by atoms with van der Waals surface area (Å²) >= 11 is 0. The van der Waals surface area contributed by atoms with Crippen LogP contribution in [-0.4, -0.2) is 56.6 Å². The third-order valence-corrected chi connectivity index (χ3v) is 8.07. The van der Waals surface area contributed by atoms with Crippen molar-refractivity contribution in [3.63, 3.8) is 0 Å². The number of rotatable bonds is 12. The first kappa shape index (κ1) is 29.5. The van der Waals surface area contributed by atoms with Crippen LogP contribution in [-0.2, 0) is 26.2 Å². The molecular weight excluding hydrogens is 502 g/mol. The molecule has 3 rings (SSSR count). The lowest BCUT2D eigenvalue weighted by Crippen LogP contribution is -2.53. The quantitative estimate of drug-likeness (QED) is 0.428. The maximum atomic E-state index is 13.8. The average molecular weight is 544 g/mol. The summed E-state index contributed by atoms with van der Waals surface area (Å²) in [4.78, 5) is 28.8. The van der Waals surface area contributed by atoms with Crippen molar-refractivity contribution >= 4 is 27.5 Å². The number of anilines is 1. The van der Waals surface area contributed by atoms with Gasteiger partial charge in [0.2, 0.25) is 21.8 Å². The summed E-state index contributed by atoms with van der Waals surface area (Å²) in [7, 11) is -3.78. The van der Waals surface area contributed by atoms with Crippen molar-refractivity contribution in [2.45, 2.75) is 77.9 Å². The minimum Gasteiger partial charge on any atom is -0.494 e. The van der Waals surface area contributed by atoms with E-state index in [1.54, 1.807) is 24.3 Å². The van der Waals surface area contributed by atoms with Crippen LogP contribution in [0.3, 0.4) is 0 Å². The van der Waals surface area contributed by atoms with Crippen LogP contribution in [0, 0.1) is 6.92 Å². The fourth-order valence-corrected chi connectivity index (χ4v) is 5.69. The molecule has 1 aliphatic rings. The summed E-state index contributed by atoms with van der Waals surface area (Å²) < 4.78 is 32.1. The first-order valence-electron chi connectivity index (χ1n) is 13.5. The maximum Gasteiger partial charge on any atom is 0.244 e. The normalized spacial score (nSPS) is 14.9. The number of nitrogens with zero attached hydrogens (tertiary/aromatic N) is 2. The van der Waals surface area contributed by atoms with E-state index in [2.05, 4.69) is 5.32 Å². The van der Waals surface area contributed by atoms with Crippen molar-refractivity contribution < 1.29 is 22.7 Å². The Hall–Kier alpha value is -3.07. The van der Waals surface area contributed by atoms with Crippen LogP contribution in [0.25, 0.3) is 0 Å². The standard InChI is InChI=1S/C29H41N3O5S/c1-5-27(29(34)30-24-10-8-7-9-11-24)31(20-23-14-12-22(3)13-15-23)28(33)21-32(38(4,35)36)25-16-18-26(19-17-25)37-6-2/h12-19,24,27H,5-11,20-21H2,1-4H3,(H,30,34)/t27-/m1/s1. The molecule has 1 atom stereocenters. The zero-order valence-electron chi connectivity index (χ0n) is 23.0. The molecule has 0 spiro atoms. The van der Waals surface area contributed by atoms with Crippen LogP contribution in [0.4, 0.5) is 5.69 Å². The fraction of sp³-hybridized carbons (Fsp3) is 0.517. The zero-order chi connectivity index (χ0) is 27.7. The second kappa shape index (κ2) is 13.6. The molecule has 0 heterocycles. The van der Waals surface area contributed by atoms with E-state index in [1.807, 2.05) is 45.0 Å². The zero-order valence-corrected chi connectivity index (χ0v) is 23.8. The summed E-state index contributed by atoms with van der Waals surface area (Å²) in [5, 5.41) is 3.15. The lowest BCUT2D eigenvalue weighted by Gasteiger charge is -2.34. The third kappa shape index (κ3) is 8.21. The molecule has 0 aliphatic heterocycles. The summed E-state index contributed by atoms with van der Waals surface area (Å²) in [5.41, 5.74) is 2.33. The molecule has 8 nitrogen and oxygen atoms in total. The Labute approximate surface area is 227 Å². The molecular formula is C29H41N3O5S. The number of aryl methyl sites for hydroxylation is 1. The van der Waals surface area contributed by atoms with Crippen molar-refractivity contribution in [2.24, 2.45) is 0 Å². The molecule has 9 heteroatoms. The van der Waals surface area contributed by atoms with Gasteiger partial charge in [0.05, 0.1) is 18.6 Å². The highest BCUT2D eigenvalue weighted by Gasteiger charge is 2.32. The van der Waals surface area contributed by atoms with Crippen LogP contribution in [0.15, 0.2) is 48.5 Å². The molecule has 0 aromatic heterocycles. The summed E-state index contributed by atoms with van der Waals surface area (Å²) in [6.07, 6.45) is 6.71. The topological polar surface area (TPSA) is 96.0 Å². The number of nitrogens with one attached hydrogen (secondary N) is 1. The van der Waals surface area contributed by atoms with Crippen molar-refractivity contribution in [1.82, 2.24) is 10.2 Å². The molecule has 208 valence electrons. The van der Waals surface area contributed by atoms with Crippen LogP contribution in [0.2, 0.25) is 0 Å². The fourth-order valence-electron chi connectivity index (χ4n) is 4.84. The highest BCUT2D eigenvalue weighted by atomic mass is 32.2. The maximum absolute atomic E-state index is 13.8. The van der Waals surface area contributed by atoms with E-state index in [1.165, 1.54) is 11.3 Å². The predicted molar refractivity (Wildman–Crippen MR) is 151 cm³/mol. The second-order valence-corrected chi connectivity index (χ2v) is 11.9. The molecule has 0 saturated heterocycles. The summed E-state index contributed by atoms with van der Waals surface area (Å²) in [5.74, 6) is -0.00943. The summed E-state index contributed by atoms with van der Waals surface area (Å²) in [6, 6.07) is 13.8. The van der Waals surface area contributed by atoms with E-state index >= 15 is 0 Å². The molecule has 38 heavy (non-hydrogen) atoms. The van der Waals surface area contributed by atoms with Gasteiger partial charge in [-0.15, -0.1) is 0 Å². The van der Waals surface area contributed by atoms with Gasteiger partial charge in [0, 0.05) is 12.6 Å². The largest absolute Gasteiger partial charge is 0.494 e. The Morgan fingerprint density at radius 2 is 1.63 bits per heavy atom. The minimum absolute atomic E-state index is 0.109. The van der Waals surface area contributed by atoms with Crippen LogP contribution >= 0.6 is 0 Å². The van der Waals surface area contributed by atoms with E-state index < -0.39 is 28.5 Å². The highest BCUT2D eigenvalue weighted by molar-refractivity contribution is 7.92. The average Bonchev–Trinajstić information content (AvgIpc) is 2.89. The number of hydrogen-bond acceptors (Lipinski definition) is 5. The first-order chi connectivity index (χ1) is 18.1. The van der Waals surface area contributed by atoms with Crippen LogP contribution in [0.1, 0.15) is 63.5 Å². The summed E-state index contributed by atoms with van der Waals surface area (Å²) in [6.45, 7) is 6.01. The smallest absolute Gasteiger partial charge is 0.244 e. The lowest BCUT2D eigenvalue weighted by molar-refractivity contribution is -0.140. The molecule has 2 aromatic rings. The predicted octanol–water partition coefficient (Wildman–Crippen LogP) is 4.42. The van der Waals surface area contributed by atoms with E-state index in [9.17, 15) is 18.0 Å². The Bertz CT molecular complexity index is 1160. The number of carbonyl (C=O) groups is 2. The SMILES string of the molecule is CCOc1ccc(N(CC(=O)N(Cc2ccc(C)cc2)[C@H](CC)C(=O)NC2CCCCC2)S(C)(=O)=O)cc1. The van der Waals surface area contributed by atoms with Gasteiger partial charge in [0.25, 0.3) is 0 Å². The lowest BCUT2D eigenvalue weighted by atomic mass is 9.95. The van der Waals surface area contributed by atoms with Gasteiger partial charge in [-0.2, -0.15) is 0 Å². The van der Waals surface area contributed by atoms with Gasteiger partial charge in [-0.1, -0.05) is 56.0 Å². The molecule has 1 aliphatic carbocycles. The van der Waals surface area contributed by atoms with Gasteiger partial charge in [0.1, 0.15) is 18.3 Å². The van der Waals surface area contributed by atoms with Gasteiger partial charge < -0.3 is 15.0 Å². The van der Waals surface area contributed by atoms with E-state index in [0.29, 0.717) is 24.5 Å². The molecule has 0 bridgehead atoms. The highest BCUT2D eigenvalue weighted by Crippen LogP contribution is 2.23. The number of sulfonamides is 1.